The van der Waals surface area contributed by atoms with E-state index in [9.17, 15) is 27.9 Å². The molecule has 0 saturated carbocycles. The van der Waals surface area contributed by atoms with Crippen molar-refractivity contribution in [3.05, 3.63) is 95.5 Å². The maximum absolute atomic E-state index is 13.8. The van der Waals surface area contributed by atoms with Gasteiger partial charge in [-0.3, -0.25) is 14.5 Å². The molecule has 1 aliphatic heterocycles. The number of amides is 1. The van der Waals surface area contributed by atoms with Crippen LogP contribution < -0.4 is 19.1 Å². The molecule has 0 fully saturated rings. The number of aliphatic hydroxyl groups excluding tert-OH is 1. The molecule has 8 nitrogen and oxygen atoms in total. The van der Waals surface area contributed by atoms with Crippen molar-refractivity contribution in [1.82, 2.24) is 0 Å². The van der Waals surface area contributed by atoms with Crippen molar-refractivity contribution in [3.63, 3.8) is 0 Å². The minimum Gasteiger partial charge on any atom is -0.503 e. The van der Waals surface area contributed by atoms with Crippen LogP contribution in [0.5, 0.6) is 17.2 Å². The first-order valence-corrected chi connectivity index (χ1v) is 11.5. The highest BCUT2D eigenvalue weighted by Gasteiger charge is 2.45. The number of ketones is 1. The number of aliphatic hydroxyl groups is 1. The summed E-state index contributed by atoms with van der Waals surface area (Å²) in [5.41, 5.74) is 0.548. The molecule has 1 aromatic heterocycles. The van der Waals surface area contributed by atoms with Gasteiger partial charge >= 0.3 is 6.36 Å². The highest BCUT2D eigenvalue weighted by molar-refractivity contribution is 6.20. The van der Waals surface area contributed by atoms with Gasteiger partial charge in [-0.1, -0.05) is 24.3 Å². The van der Waals surface area contributed by atoms with Crippen molar-refractivity contribution in [2.45, 2.75) is 12.4 Å². The lowest BCUT2D eigenvalue weighted by Crippen LogP contribution is -2.31. The molecule has 39 heavy (non-hydrogen) atoms. The maximum atomic E-state index is 13.8. The van der Waals surface area contributed by atoms with Gasteiger partial charge in [0.15, 0.2) is 22.9 Å². The number of nitrogens with zero attached hydrogens (tertiary/aromatic N) is 1. The van der Waals surface area contributed by atoms with Crippen molar-refractivity contribution in [3.8, 4) is 17.2 Å². The Morgan fingerprint density at radius 3 is 2.33 bits per heavy atom. The molecule has 0 bridgehead atoms. The van der Waals surface area contributed by atoms with E-state index < -0.39 is 35.6 Å². The monoisotopic (exact) mass is 539 g/mol. The Morgan fingerprint density at radius 2 is 1.67 bits per heavy atom. The number of carbonyl (C=O) groups excluding carboxylic acids is 2. The molecule has 200 valence electrons. The predicted molar refractivity (Wildman–Crippen MR) is 133 cm³/mol. The highest BCUT2D eigenvalue weighted by atomic mass is 19.4. The van der Waals surface area contributed by atoms with Crippen LogP contribution in [0.3, 0.4) is 0 Å². The molecule has 1 unspecified atom stereocenters. The van der Waals surface area contributed by atoms with E-state index in [1.165, 1.54) is 32.4 Å². The van der Waals surface area contributed by atoms with Crippen molar-refractivity contribution in [1.29, 1.82) is 0 Å². The van der Waals surface area contributed by atoms with Crippen LogP contribution in [0, 0.1) is 0 Å². The number of hydrogen-bond acceptors (Lipinski definition) is 7. The quantitative estimate of drug-likeness (QED) is 0.282. The molecule has 1 N–H and O–H groups in total. The number of halogens is 3. The molecule has 2 heterocycles. The number of alkyl halides is 3. The molecule has 0 radical (unpaired) electrons. The molecule has 0 spiro atoms. The molecule has 0 aliphatic carbocycles. The number of methoxy groups -OCH3 is 2. The third kappa shape index (κ3) is 4.74. The first-order chi connectivity index (χ1) is 18.6. The average molecular weight is 539 g/mol. The molecule has 1 aliphatic rings. The molecule has 0 saturated heterocycles. The van der Waals surface area contributed by atoms with Crippen LogP contribution in [-0.4, -0.2) is 37.4 Å². The SMILES string of the molecule is COc1cccc(C2C(C(=O)c3cc4cccc(OC)c4o3)=C(O)C(=O)N2c2ccc(OC(F)(F)F)cc2)c1. The van der Waals surface area contributed by atoms with Crippen LogP contribution in [0.15, 0.2) is 88.5 Å². The Bertz CT molecular complexity index is 1610. The summed E-state index contributed by atoms with van der Waals surface area (Å²) in [6, 6.07) is 16.4. The second kappa shape index (κ2) is 9.75. The lowest BCUT2D eigenvalue weighted by Gasteiger charge is -2.27. The maximum Gasteiger partial charge on any atom is 0.573 e. The van der Waals surface area contributed by atoms with Gasteiger partial charge in [0.05, 0.1) is 25.8 Å². The Kier molecular flexibility index (Phi) is 6.43. The normalized spacial score (nSPS) is 15.7. The van der Waals surface area contributed by atoms with E-state index in [4.69, 9.17) is 13.9 Å². The second-order valence-corrected chi connectivity index (χ2v) is 8.48. The minimum absolute atomic E-state index is 0.114. The zero-order chi connectivity index (χ0) is 27.9. The standard InChI is InChI=1S/C28H20F3NO7/c1-36-19-7-3-5-15(13-19)23-22(24(33)21-14-16-6-4-8-20(37-2)26(16)38-21)25(34)27(35)32(23)17-9-11-18(12-10-17)39-28(29,30)31/h3-14,23,34H,1-2H3. The minimum atomic E-state index is -4.90. The number of Topliss-reactive ketones (excluding diaryl/α,β-unsaturated/α-hetero) is 1. The van der Waals surface area contributed by atoms with Crippen molar-refractivity contribution in [2.75, 3.05) is 19.1 Å². The predicted octanol–water partition coefficient (Wildman–Crippen LogP) is 6.13. The summed E-state index contributed by atoms with van der Waals surface area (Å²) < 4.78 is 58.2. The van der Waals surface area contributed by atoms with E-state index in [2.05, 4.69) is 4.74 Å². The molecule has 1 amide bonds. The summed E-state index contributed by atoms with van der Waals surface area (Å²) in [6.45, 7) is 0. The molecular weight excluding hydrogens is 519 g/mol. The summed E-state index contributed by atoms with van der Waals surface area (Å²) in [7, 11) is 2.89. The van der Waals surface area contributed by atoms with Gasteiger partial charge in [0.1, 0.15) is 11.5 Å². The number of ether oxygens (including phenoxy) is 3. The number of hydrogen-bond donors (Lipinski definition) is 1. The summed E-state index contributed by atoms with van der Waals surface area (Å²) in [6.07, 6.45) is -4.90. The Balaban J connectivity index is 1.61. The molecular formula is C28H20F3NO7. The van der Waals surface area contributed by atoms with E-state index in [1.54, 1.807) is 42.5 Å². The Labute approximate surface area is 219 Å². The van der Waals surface area contributed by atoms with Crippen LogP contribution in [-0.2, 0) is 4.79 Å². The summed E-state index contributed by atoms with van der Waals surface area (Å²) >= 11 is 0. The number of furan rings is 1. The molecule has 3 aromatic carbocycles. The van der Waals surface area contributed by atoms with Gasteiger partial charge < -0.3 is 23.7 Å². The van der Waals surface area contributed by atoms with Crippen molar-refractivity contribution in [2.24, 2.45) is 0 Å². The number of fused-ring (bicyclic) bond motifs is 1. The molecule has 4 aromatic rings. The zero-order valence-electron chi connectivity index (χ0n) is 20.5. The highest BCUT2D eigenvalue weighted by Crippen LogP contribution is 2.44. The summed E-state index contributed by atoms with van der Waals surface area (Å²) in [5, 5.41) is 11.5. The van der Waals surface area contributed by atoms with E-state index in [1.807, 2.05) is 0 Å². The fourth-order valence-electron chi connectivity index (χ4n) is 4.48. The molecule has 1 atom stereocenters. The smallest absolute Gasteiger partial charge is 0.503 e. The van der Waals surface area contributed by atoms with Crippen LogP contribution in [0.4, 0.5) is 18.9 Å². The third-order valence-electron chi connectivity index (χ3n) is 6.16. The van der Waals surface area contributed by atoms with E-state index in [0.29, 0.717) is 28.0 Å². The number of benzene rings is 3. The zero-order valence-corrected chi connectivity index (χ0v) is 20.5. The fraction of sp³-hybridized carbons (Fsp3) is 0.143. The summed E-state index contributed by atoms with van der Waals surface area (Å²) in [5.74, 6) is -2.35. The Hall–Kier alpha value is -4.93. The molecule has 5 rings (SSSR count). The Morgan fingerprint density at radius 1 is 0.949 bits per heavy atom. The van der Waals surface area contributed by atoms with Gasteiger partial charge in [0.2, 0.25) is 5.78 Å². The van der Waals surface area contributed by atoms with E-state index >= 15 is 0 Å². The molecule has 11 heteroatoms. The van der Waals surface area contributed by atoms with Gasteiger partial charge in [0, 0.05) is 11.1 Å². The van der Waals surface area contributed by atoms with Crippen LogP contribution in [0.25, 0.3) is 11.0 Å². The average Bonchev–Trinajstić information content (AvgIpc) is 3.47. The number of rotatable bonds is 7. The van der Waals surface area contributed by atoms with Gasteiger partial charge in [-0.05, 0) is 54.1 Å². The van der Waals surface area contributed by atoms with E-state index in [-0.39, 0.29) is 17.0 Å². The van der Waals surface area contributed by atoms with Gasteiger partial charge in [-0.2, -0.15) is 0 Å². The number of anilines is 1. The number of para-hydroxylation sites is 1. The van der Waals surface area contributed by atoms with Crippen molar-refractivity contribution >= 4 is 28.3 Å². The lowest BCUT2D eigenvalue weighted by atomic mass is 9.94. The second-order valence-electron chi connectivity index (χ2n) is 8.48. The van der Waals surface area contributed by atoms with Gasteiger partial charge in [0.25, 0.3) is 5.91 Å². The van der Waals surface area contributed by atoms with Gasteiger partial charge in [-0.25, -0.2) is 0 Å². The van der Waals surface area contributed by atoms with Crippen LogP contribution >= 0.6 is 0 Å². The lowest BCUT2D eigenvalue weighted by molar-refractivity contribution is -0.274. The van der Waals surface area contributed by atoms with Gasteiger partial charge in [-0.15, -0.1) is 13.2 Å². The van der Waals surface area contributed by atoms with Crippen LogP contribution in [0.2, 0.25) is 0 Å². The van der Waals surface area contributed by atoms with Crippen LogP contribution in [0.1, 0.15) is 22.2 Å². The number of carbonyl (C=O) groups is 2. The van der Waals surface area contributed by atoms with Crippen molar-refractivity contribution < 1.29 is 46.5 Å². The summed E-state index contributed by atoms with van der Waals surface area (Å²) in [4.78, 5) is 28.2. The first kappa shape index (κ1) is 25.7. The first-order valence-electron chi connectivity index (χ1n) is 11.5. The fourth-order valence-corrected chi connectivity index (χ4v) is 4.48. The largest absolute Gasteiger partial charge is 0.573 e. The van der Waals surface area contributed by atoms with E-state index in [0.717, 1.165) is 17.0 Å². The topological polar surface area (TPSA) is 98.4 Å². The third-order valence-corrected chi connectivity index (χ3v) is 6.16.